The van der Waals surface area contributed by atoms with E-state index in [1.54, 1.807) is 4.90 Å². The summed E-state index contributed by atoms with van der Waals surface area (Å²) >= 11 is 5.99. The number of likely N-dealkylation sites (tertiary alicyclic amines) is 1. The first-order valence-corrected chi connectivity index (χ1v) is 8.35. The van der Waals surface area contributed by atoms with Crippen molar-refractivity contribution in [2.45, 2.75) is 32.0 Å². The minimum atomic E-state index is -4.50. The van der Waals surface area contributed by atoms with Crippen LogP contribution in [0.15, 0.2) is 18.2 Å². The average Bonchev–Trinajstić information content (AvgIpc) is 2.90. The third-order valence-electron chi connectivity index (χ3n) is 4.54. The Morgan fingerprint density at radius 2 is 2.00 bits per heavy atom. The molecule has 0 N–H and O–H groups in total. The van der Waals surface area contributed by atoms with Gasteiger partial charge in [-0.1, -0.05) is 24.9 Å². The molecular weight excluding hydrogens is 341 g/mol. The summed E-state index contributed by atoms with van der Waals surface area (Å²) in [4.78, 5) is 16.4. The highest BCUT2D eigenvalue weighted by Gasteiger charge is 2.37. The van der Waals surface area contributed by atoms with E-state index >= 15 is 0 Å². The zero-order chi connectivity index (χ0) is 18.1. The van der Waals surface area contributed by atoms with E-state index in [-0.39, 0.29) is 16.6 Å². The quantitative estimate of drug-likeness (QED) is 0.803. The molecule has 0 saturated carbocycles. The van der Waals surface area contributed by atoms with Crippen LogP contribution in [0.3, 0.4) is 0 Å². The number of carbonyl (C=O) groups excluding carboxylic acids is 1. The van der Waals surface area contributed by atoms with Crippen LogP contribution in [0.4, 0.5) is 13.2 Å². The standard InChI is InChI=1S/C17H22ClF3N2O/c1-4-5-11-9-23(10-15(11)22(2)3)16(24)13-8-12(17(19,20)21)6-7-14(13)18/h6-8,11,15H,4-5,9-10H2,1-3H3/t11-,15-/m1/s1. The Morgan fingerprint density at radius 1 is 1.33 bits per heavy atom. The largest absolute Gasteiger partial charge is 0.416 e. The van der Waals surface area contributed by atoms with Gasteiger partial charge in [-0.15, -0.1) is 0 Å². The van der Waals surface area contributed by atoms with Gasteiger partial charge in [0.05, 0.1) is 16.1 Å². The average molecular weight is 363 g/mol. The van der Waals surface area contributed by atoms with Crippen molar-refractivity contribution in [1.82, 2.24) is 9.80 Å². The number of likely N-dealkylation sites (N-methyl/N-ethyl adjacent to an activating group) is 1. The zero-order valence-electron chi connectivity index (χ0n) is 14.0. The van der Waals surface area contributed by atoms with Gasteiger partial charge in [0.15, 0.2) is 0 Å². The summed E-state index contributed by atoms with van der Waals surface area (Å²) in [5, 5.41) is 0.0494. The lowest BCUT2D eigenvalue weighted by Gasteiger charge is -2.24. The van der Waals surface area contributed by atoms with Crippen LogP contribution >= 0.6 is 11.6 Å². The van der Waals surface area contributed by atoms with E-state index in [0.717, 1.165) is 31.0 Å². The van der Waals surface area contributed by atoms with Crippen molar-refractivity contribution < 1.29 is 18.0 Å². The molecule has 0 radical (unpaired) electrons. The zero-order valence-corrected chi connectivity index (χ0v) is 14.8. The molecule has 7 heteroatoms. The van der Waals surface area contributed by atoms with Gasteiger partial charge < -0.3 is 9.80 Å². The highest BCUT2D eigenvalue weighted by Crippen LogP contribution is 2.33. The van der Waals surface area contributed by atoms with Crippen molar-refractivity contribution in [2.75, 3.05) is 27.2 Å². The van der Waals surface area contributed by atoms with Crippen molar-refractivity contribution in [3.8, 4) is 0 Å². The second kappa shape index (κ2) is 7.31. The van der Waals surface area contributed by atoms with E-state index in [0.29, 0.717) is 19.0 Å². The Bertz CT molecular complexity index is 604. The molecule has 1 aliphatic rings. The lowest BCUT2D eigenvalue weighted by atomic mass is 9.98. The Morgan fingerprint density at radius 3 is 2.54 bits per heavy atom. The summed E-state index contributed by atoms with van der Waals surface area (Å²) in [6.45, 7) is 3.13. The fraction of sp³-hybridized carbons (Fsp3) is 0.588. The number of benzene rings is 1. The number of hydrogen-bond acceptors (Lipinski definition) is 2. The number of halogens is 4. The molecule has 1 aromatic carbocycles. The fourth-order valence-electron chi connectivity index (χ4n) is 3.30. The molecule has 1 fully saturated rings. The van der Waals surface area contributed by atoms with Gasteiger partial charge in [0.2, 0.25) is 0 Å². The van der Waals surface area contributed by atoms with Crippen LogP contribution in [0.5, 0.6) is 0 Å². The van der Waals surface area contributed by atoms with Gasteiger partial charge in [0.1, 0.15) is 0 Å². The summed E-state index contributed by atoms with van der Waals surface area (Å²) in [6.07, 6.45) is -2.52. The Labute approximate surface area is 145 Å². The van der Waals surface area contributed by atoms with E-state index in [2.05, 4.69) is 11.8 Å². The lowest BCUT2D eigenvalue weighted by Crippen LogP contribution is -2.36. The van der Waals surface area contributed by atoms with Gasteiger partial charge in [0, 0.05) is 19.1 Å². The molecule has 1 amide bonds. The number of carbonyl (C=O) groups is 1. The maximum atomic E-state index is 12.9. The number of nitrogens with zero attached hydrogens (tertiary/aromatic N) is 2. The second-order valence-electron chi connectivity index (χ2n) is 6.48. The molecule has 0 spiro atoms. The van der Waals surface area contributed by atoms with Gasteiger partial charge in [-0.2, -0.15) is 13.2 Å². The minimum Gasteiger partial charge on any atom is -0.337 e. The molecule has 1 heterocycles. The fourth-order valence-corrected chi connectivity index (χ4v) is 3.49. The summed E-state index contributed by atoms with van der Waals surface area (Å²) in [5.41, 5.74) is -0.940. The monoisotopic (exact) mass is 362 g/mol. The Kier molecular flexibility index (Phi) is 5.81. The summed E-state index contributed by atoms with van der Waals surface area (Å²) in [6, 6.07) is 3.09. The third-order valence-corrected chi connectivity index (χ3v) is 4.87. The van der Waals surface area contributed by atoms with Crippen molar-refractivity contribution >= 4 is 17.5 Å². The normalized spacial score (nSPS) is 21.6. The number of amides is 1. The first-order chi connectivity index (χ1) is 11.1. The van der Waals surface area contributed by atoms with E-state index in [1.165, 1.54) is 0 Å². The summed E-state index contributed by atoms with van der Waals surface area (Å²) in [5.74, 6) is -0.116. The molecule has 0 unspecified atom stereocenters. The van der Waals surface area contributed by atoms with Gasteiger partial charge in [-0.3, -0.25) is 4.79 Å². The van der Waals surface area contributed by atoms with Gasteiger partial charge in [-0.25, -0.2) is 0 Å². The van der Waals surface area contributed by atoms with Crippen molar-refractivity contribution in [2.24, 2.45) is 5.92 Å². The molecule has 24 heavy (non-hydrogen) atoms. The van der Waals surface area contributed by atoms with Crippen LogP contribution in [0.25, 0.3) is 0 Å². The van der Waals surface area contributed by atoms with Crippen LogP contribution < -0.4 is 0 Å². The highest BCUT2D eigenvalue weighted by molar-refractivity contribution is 6.33. The van der Waals surface area contributed by atoms with Gasteiger partial charge in [-0.05, 0) is 44.6 Å². The molecule has 1 aromatic rings. The number of hydrogen-bond donors (Lipinski definition) is 0. The Hall–Kier alpha value is -1.27. The number of alkyl halides is 3. The molecule has 0 aliphatic carbocycles. The molecule has 1 aliphatic heterocycles. The molecule has 3 nitrogen and oxygen atoms in total. The van der Waals surface area contributed by atoms with Crippen molar-refractivity contribution in [3.05, 3.63) is 34.3 Å². The second-order valence-corrected chi connectivity index (χ2v) is 6.89. The molecule has 1 saturated heterocycles. The van der Waals surface area contributed by atoms with Crippen molar-refractivity contribution in [1.29, 1.82) is 0 Å². The third kappa shape index (κ3) is 4.03. The summed E-state index contributed by atoms with van der Waals surface area (Å²) < 4.78 is 38.7. The molecular formula is C17H22ClF3N2O. The molecule has 2 atom stereocenters. The summed E-state index contributed by atoms with van der Waals surface area (Å²) in [7, 11) is 3.91. The van der Waals surface area contributed by atoms with E-state index in [9.17, 15) is 18.0 Å². The van der Waals surface area contributed by atoms with E-state index in [4.69, 9.17) is 11.6 Å². The van der Waals surface area contributed by atoms with E-state index < -0.39 is 17.6 Å². The smallest absolute Gasteiger partial charge is 0.337 e. The molecule has 0 aromatic heterocycles. The predicted molar refractivity (Wildman–Crippen MR) is 88.2 cm³/mol. The van der Waals surface area contributed by atoms with Crippen LogP contribution in [0.1, 0.15) is 35.7 Å². The van der Waals surface area contributed by atoms with Crippen LogP contribution in [0.2, 0.25) is 5.02 Å². The first kappa shape index (κ1) is 19.1. The van der Waals surface area contributed by atoms with E-state index in [1.807, 2.05) is 14.1 Å². The van der Waals surface area contributed by atoms with Gasteiger partial charge in [0.25, 0.3) is 5.91 Å². The SMILES string of the molecule is CCC[C@@H]1CN(C(=O)c2cc(C(F)(F)F)ccc2Cl)C[C@H]1N(C)C. The molecule has 134 valence electrons. The highest BCUT2D eigenvalue weighted by atomic mass is 35.5. The first-order valence-electron chi connectivity index (χ1n) is 7.97. The minimum absolute atomic E-state index is 0.0494. The van der Waals surface area contributed by atoms with Crippen LogP contribution in [0, 0.1) is 5.92 Å². The topological polar surface area (TPSA) is 23.6 Å². The van der Waals surface area contributed by atoms with Crippen LogP contribution in [-0.4, -0.2) is 48.9 Å². The molecule has 2 rings (SSSR count). The Balaban J connectivity index is 2.26. The predicted octanol–water partition coefficient (Wildman–Crippen LogP) is 4.16. The number of rotatable bonds is 4. The lowest BCUT2D eigenvalue weighted by molar-refractivity contribution is -0.137. The van der Waals surface area contributed by atoms with Crippen LogP contribution in [-0.2, 0) is 6.18 Å². The van der Waals surface area contributed by atoms with Crippen molar-refractivity contribution in [3.63, 3.8) is 0 Å². The molecule has 0 bridgehead atoms. The maximum absolute atomic E-state index is 12.9. The van der Waals surface area contributed by atoms with Gasteiger partial charge >= 0.3 is 6.18 Å². The maximum Gasteiger partial charge on any atom is 0.416 e.